The van der Waals surface area contributed by atoms with Gasteiger partial charge in [0, 0.05) is 24.2 Å². The molecule has 1 aromatic carbocycles. The maximum atomic E-state index is 13.3. The van der Waals surface area contributed by atoms with Gasteiger partial charge in [-0.1, -0.05) is 0 Å². The van der Waals surface area contributed by atoms with E-state index in [1.807, 2.05) is 0 Å². The van der Waals surface area contributed by atoms with Crippen LogP contribution in [0.15, 0.2) is 18.3 Å². The van der Waals surface area contributed by atoms with E-state index in [-0.39, 0.29) is 28.8 Å². The molecule has 0 spiro atoms. The number of nitro groups is 1. The Bertz CT molecular complexity index is 760. The van der Waals surface area contributed by atoms with Crippen LogP contribution in [0.25, 0.3) is 10.9 Å². The van der Waals surface area contributed by atoms with E-state index < -0.39 is 22.4 Å². The minimum absolute atomic E-state index is 0.0934. The lowest BCUT2D eigenvalue weighted by Crippen LogP contribution is -2.14. The summed E-state index contributed by atoms with van der Waals surface area (Å²) in [6, 6.07) is 1.96. The van der Waals surface area contributed by atoms with E-state index in [0.29, 0.717) is 0 Å². The molecule has 124 valence electrons. The first-order valence-corrected chi connectivity index (χ1v) is 6.51. The molecule has 0 aliphatic rings. The second kappa shape index (κ2) is 5.99. The number of halogens is 3. The van der Waals surface area contributed by atoms with E-state index in [0.717, 1.165) is 25.4 Å². The highest BCUT2D eigenvalue weighted by Crippen LogP contribution is 2.42. The Morgan fingerprint density at radius 3 is 2.52 bits per heavy atom. The summed E-state index contributed by atoms with van der Waals surface area (Å²) in [6.45, 7) is 0.0934. The maximum absolute atomic E-state index is 13.3. The third-order valence-corrected chi connectivity index (χ3v) is 3.22. The molecule has 2 rings (SSSR count). The molecule has 0 aliphatic carbocycles. The fourth-order valence-corrected chi connectivity index (χ4v) is 2.42. The molecule has 2 aromatic rings. The van der Waals surface area contributed by atoms with E-state index in [2.05, 4.69) is 4.98 Å². The number of nitrogens with zero attached hydrogens (tertiary/aromatic N) is 3. The largest absolute Gasteiger partial charge is 0.489 e. The van der Waals surface area contributed by atoms with Gasteiger partial charge in [0.1, 0.15) is 5.52 Å². The number of fused-ring (bicyclic) bond motifs is 1. The van der Waals surface area contributed by atoms with Crippen molar-refractivity contribution in [3.05, 3.63) is 39.6 Å². The Balaban J connectivity index is 2.96. The molecule has 9 heteroatoms. The highest BCUT2D eigenvalue weighted by atomic mass is 19.4. The molecule has 0 atom stereocenters. The van der Waals surface area contributed by atoms with Crippen LogP contribution in [0.4, 0.5) is 18.9 Å². The topological polar surface area (TPSA) is 68.5 Å². The molecular weight excluding hydrogens is 315 g/mol. The number of aromatic nitrogens is 1. The third-order valence-electron chi connectivity index (χ3n) is 3.22. The Morgan fingerprint density at radius 2 is 2.04 bits per heavy atom. The van der Waals surface area contributed by atoms with Gasteiger partial charge in [-0.2, -0.15) is 13.2 Å². The molecule has 0 bridgehead atoms. The predicted octanol–water partition coefficient (Wildman–Crippen LogP) is 3.23. The highest BCUT2D eigenvalue weighted by Gasteiger charge is 2.35. The van der Waals surface area contributed by atoms with Crippen molar-refractivity contribution in [2.24, 2.45) is 0 Å². The molecule has 0 N–H and O–H groups in total. The Kier molecular flexibility index (Phi) is 4.42. The lowest BCUT2D eigenvalue weighted by atomic mass is 10.0. The van der Waals surface area contributed by atoms with Crippen LogP contribution in [0.2, 0.25) is 0 Å². The van der Waals surface area contributed by atoms with E-state index in [1.165, 1.54) is 0 Å². The van der Waals surface area contributed by atoms with Gasteiger partial charge in [-0.15, -0.1) is 0 Å². The zero-order valence-corrected chi connectivity index (χ0v) is 12.6. The number of alkyl halides is 3. The van der Waals surface area contributed by atoms with Crippen LogP contribution in [-0.2, 0) is 12.7 Å². The molecule has 23 heavy (non-hydrogen) atoms. The summed E-state index contributed by atoms with van der Waals surface area (Å²) in [5.41, 5.74) is -1.32. The van der Waals surface area contributed by atoms with Gasteiger partial charge in [0.25, 0.3) is 0 Å². The van der Waals surface area contributed by atoms with Crippen molar-refractivity contribution in [3.8, 4) is 5.75 Å². The number of pyridine rings is 1. The van der Waals surface area contributed by atoms with E-state index in [1.54, 1.807) is 19.0 Å². The van der Waals surface area contributed by atoms with Gasteiger partial charge in [-0.05, 0) is 25.7 Å². The van der Waals surface area contributed by atoms with Crippen molar-refractivity contribution in [3.63, 3.8) is 0 Å². The van der Waals surface area contributed by atoms with Crippen LogP contribution in [0.3, 0.4) is 0 Å². The quantitative estimate of drug-likeness (QED) is 0.636. The minimum atomic E-state index is -4.61. The predicted molar refractivity (Wildman–Crippen MR) is 77.3 cm³/mol. The van der Waals surface area contributed by atoms with Crippen LogP contribution in [-0.4, -0.2) is 36.0 Å². The van der Waals surface area contributed by atoms with Crippen LogP contribution < -0.4 is 4.74 Å². The second-order valence-corrected chi connectivity index (χ2v) is 5.16. The van der Waals surface area contributed by atoms with Crippen LogP contribution in [0, 0.1) is 10.1 Å². The molecule has 6 nitrogen and oxygen atoms in total. The summed E-state index contributed by atoms with van der Waals surface area (Å²) in [6.07, 6.45) is -3.64. The molecule has 0 saturated heterocycles. The maximum Gasteiger partial charge on any atom is 0.417 e. The number of rotatable bonds is 4. The number of hydrogen-bond donors (Lipinski definition) is 0. The number of nitro benzene ring substituents is 1. The summed E-state index contributed by atoms with van der Waals surface area (Å²) in [7, 11) is 4.48. The van der Waals surface area contributed by atoms with Crippen molar-refractivity contribution >= 4 is 16.6 Å². The number of methoxy groups -OCH3 is 1. The number of hydrogen-bond acceptors (Lipinski definition) is 5. The fourth-order valence-electron chi connectivity index (χ4n) is 2.42. The van der Waals surface area contributed by atoms with Crippen LogP contribution >= 0.6 is 0 Å². The number of benzene rings is 1. The van der Waals surface area contributed by atoms with Crippen molar-refractivity contribution in [1.29, 1.82) is 0 Å². The standard InChI is InChI=1S/C14H14F3N3O3/c1-19(2)7-8-6-10(20(21)22)13(23-3)12-11(8)9(4-5-18-12)14(15,16)17/h4-6H,7H2,1-3H3. The average Bonchev–Trinajstić information content (AvgIpc) is 2.44. The normalized spacial score (nSPS) is 12.0. The van der Waals surface area contributed by atoms with Crippen molar-refractivity contribution < 1.29 is 22.8 Å². The van der Waals surface area contributed by atoms with Crippen LogP contribution in [0.5, 0.6) is 5.75 Å². The second-order valence-electron chi connectivity index (χ2n) is 5.16. The lowest BCUT2D eigenvalue weighted by Gasteiger charge is -2.17. The van der Waals surface area contributed by atoms with E-state index in [9.17, 15) is 23.3 Å². The van der Waals surface area contributed by atoms with Gasteiger partial charge < -0.3 is 9.64 Å². The molecule has 0 fully saturated rings. The van der Waals surface area contributed by atoms with E-state index >= 15 is 0 Å². The summed E-state index contributed by atoms with van der Waals surface area (Å²) < 4.78 is 44.9. The Morgan fingerprint density at radius 1 is 1.39 bits per heavy atom. The van der Waals surface area contributed by atoms with Gasteiger partial charge in [-0.3, -0.25) is 15.1 Å². The fraction of sp³-hybridized carbons (Fsp3) is 0.357. The molecule has 0 saturated carbocycles. The molecule has 1 aromatic heterocycles. The summed E-state index contributed by atoms with van der Waals surface area (Å²) >= 11 is 0. The summed E-state index contributed by atoms with van der Waals surface area (Å²) in [5, 5.41) is 11.0. The first-order chi connectivity index (χ1) is 10.7. The first-order valence-electron chi connectivity index (χ1n) is 6.51. The number of ether oxygens (including phenoxy) is 1. The molecule has 0 aliphatic heterocycles. The monoisotopic (exact) mass is 329 g/mol. The highest BCUT2D eigenvalue weighted by molar-refractivity contribution is 5.94. The SMILES string of the molecule is COc1c([N+](=O)[O-])cc(CN(C)C)c2c(C(F)(F)F)ccnc12. The van der Waals surface area contributed by atoms with Gasteiger partial charge in [-0.25, -0.2) is 0 Å². The van der Waals surface area contributed by atoms with Gasteiger partial charge in [0.2, 0.25) is 5.75 Å². The van der Waals surface area contributed by atoms with Crippen molar-refractivity contribution in [1.82, 2.24) is 9.88 Å². The molecule has 0 amide bonds. The smallest absolute Gasteiger partial charge is 0.417 e. The lowest BCUT2D eigenvalue weighted by molar-refractivity contribution is -0.385. The van der Waals surface area contributed by atoms with Crippen molar-refractivity contribution in [2.45, 2.75) is 12.7 Å². The minimum Gasteiger partial charge on any atom is -0.489 e. The molecule has 0 radical (unpaired) electrons. The zero-order chi connectivity index (χ0) is 17.4. The Labute approximate surface area is 129 Å². The van der Waals surface area contributed by atoms with Crippen molar-refractivity contribution in [2.75, 3.05) is 21.2 Å². The average molecular weight is 329 g/mol. The van der Waals surface area contributed by atoms with Crippen LogP contribution in [0.1, 0.15) is 11.1 Å². The van der Waals surface area contributed by atoms with Gasteiger partial charge >= 0.3 is 11.9 Å². The first kappa shape index (κ1) is 16.9. The van der Waals surface area contributed by atoms with Gasteiger partial charge in [0.15, 0.2) is 0 Å². The molecular formula is C14H14F3N3O3. The third kappa shape index (κ3) is 3.19. The summed E-state index contributed by atoms with van der Waals surface area (Å²) in [5.74, 6) is -0.279. The molecule has 0 unspecified atom stereocenters. The summed E-state index contributed by atoms with van der Waals surface area (Å²) in [4.78, 5) is 16.0. The zero-order valence-electron chi connectivity index (χ0n) is 12.6. The molecule has 1 heterocycles. The van der Waals surface area contributed by atoms with E-state index in [4.69, 9.17) is 4.74 Å². The Hall–Kier alpha value is -2.42. The van der Waals surface area contributed by atoms with Gasteiger partial charge in [0.05, 0.1) is 17.6 Å².